The zero-order valence-corrected chi connectivity index (χ0v) is 13.4. The first-order valence-corrected chi connectivity index (χ1v) is 8.52. The van der Waals surface area contributed by atoms with Gasteiger partial charge < -0.3 is 9.64 Å². The maximum atomic E-state index is 12.5. The van der Waals surface area contributed by atoms with E-state index in [1.54, 1.807) is 12.3 Å². The van der Waals surface area contributed by atoms with Crippen LogP contribution in [-0.2, 0) is 4.74 Å². The van der Waals surface area contributed by atoms with Gasteiger partial charge in [-0.2, -0.15) is 11.8 Å². The van der Waals surface area contributed by atoms with Crippen LogP contribution in [0, 0.1) is 0 Å². The lowest BCUT2D eigenvalue weighted by Crippen LogP contribution is -2.48. The first kappa shape index (κ1) is 15.3. The summed E-state index contributed by atoms with van der Waals surface area (Å²) in [6, 6.07) is 0.175. The third-order valence-corrected chi connectivity index (χ3v) is 5.48. The summed E-state index contributed by atoms with van der Waals surface area (Å²) in [4.78, 5) is 30.0. The highest BCUT2D eigenvalue weighted by molar-refractivity contribution is 8.00. The van der Waals surface area contributed by atoms with Gasteiger partial charge in [-0.15, -0.1) is 11.3 Å². The van der Waals surface area contributed by atoms with Crippen molar-refractivity contribution in [2.45, 2.75) is 32.1 Å². The summed E-state index contributed by atoms with van der Waals surface area (Å²) in [7, 11) is 0. The summed E-state index contributed by atoms with van der Waals surface area (Å²) in [5.41, 5.74) is 0.337. The van der Waals surface area contributed by atoms with E-state index in [2.05, 4.69) is 11.9 Å². The summed E-state index contributed by atoms with van der Waals surface area (Å²) in [5, 5.41) is 2.28. The lowest BCUT2D eigenvalue weighted by atomic mass is 10.2. The molecule has 0 bridgehead atoms. The molecule has 0 aliphatic carbocycles. The van der Waals surface area contributed by atoms with Crippen molar-refractivity contribution in [3.8, 4) is 0 Å². The molecule has 110 valence electrons. The fourth-order valence-electron chi connectivity index (χ4n) is 2.03. The van der Waals surface area contributed by atoms with E-state index in [1.807, 2.05) is 23.6 Å². The van der Waals surface area contributed by atoms with Gasteiger partial charge in [0, 0.05) is 29.0 Å². The molecule has 2 heterocycles. The topological polar surface area (TPSA) is 59.5 Å². The second-order valence-corrected chi connectivity index (χ2v) is 6.92. The van der Waals surface area contributed by atoms with Crippen LogP contribution in [0.15, 0.2) is 5.38 Å². The van der Waals surface area contributed by atoms with E-state index >= 15 is 0 Å². The number of nitrogens with zero attached hydrogens (tertiary/aromatic N) is 2. The predicted molar refractivity (Wildman–Crippen MR) is 80.5 cm³/mol. The number of aromatic nitrogens is 1. The maximum Gasteiger partial charge on any atom is 0.367 e. The van der Waals surface area contributed by atoms with Gasteiger partial charge in [-0.3, -0.25) is 4.79 Å². The van der Waals surface area contributed by atoms with Crippen molar-refractivity contribution < 1.29 is 14.3 Å². The lowest BCUT2D eigenvalue weighted by Gasteiger charge is -2.37. The third-order valence-electron chi connectivity index (χ3n) is 3.32. The zero-order chi connectivity index (χ0) is 14.7. The van der Waals surface area contributed by atoms with Crippen molar-refractivity contribution in [1.82, 2.24) is 9.88 Å². The molecular weight excluding hydrogens is 296 g/mol. The van der Waals surface area contributed by atoms with Gasteiger partial charge >= 0.3 is 5.97 Å². The van der Waals surface area contributed by atoms with Gasteiger partial charge in [-0.25, -0.2) is 9.78 Å². The van der Waals surface area contributed by atoms with Crippen molar-refractivity contribution >= 4 is 35.0 Å². The molecule has 20 heavy (non-hydrogen) atoms. The Morgan fingerprint density at radius 1 is 1.50 bits per heavy atom. The second-order valence-electron chi connectivity index (χ2n) is 4.57. The SMILES string of the molecule is CCOC(=O)c1nc(C(=O)N2CCSC(C)C2C)cs1. The van der Waals surface area contributed by atoms with Crippen LogP contribution in [-0.4, -0.2) is 52.0 Å². The molecule has 2 atom stereocenters. The summed E-state index contributed by atoms with van der Waals surface area (Å²) in [6.07, 6.45) is 0. The minimum atomic E-state index is -0.466. The van der Waals surface area contributed by atoms with Gasteiger partial charge in [0.2, 0.25) is 5.01 Å². The van der Waals surface area contributed by atoms with E-state index in [0.29, 0.717) is 17.6 Å². The van der Waals surface area contributed by atoms with Crippen molar-refractivity contribution in [3.63, 3.8) is 0 Å². The quantitative estimate of drug-likeness (QED) is 0.801. The van der Waals surface area contributed by atoms with Gasteiger partial charge in [-0.1, -0.05) is 6.92 Å². The highest BCUT2D eigenvalue weighted by Gasteiger charge is 2.31. The molecule has 1 aromatic rings. The van der Waals surface area contributed by atoms with Gasteiger partial charge in [0.25, 0.3) is 5.91 Å². The van der Waals surface area contributed by atoms with E-state index in [9.17, 15) is 9.59 Å². The highest BCUT2D eigenvalue weighted by Crippen LogP contribution is 2.26. The van der Waals surface area contributed by atoms with Gasteiger partial charge in [-0.05, 0) is 13.8 Å². The van der Waals surface area contributed by atoms with Crippen molar-refractivity contribution in [2.24, 2.45) is 0 Å². The Bertz CT molecular complexity index is 504. The van der Waals surface area contributed by atoms with E-state index in [0.717, 1.165) is 23.6 Å². The predicted octanol–water partition coefficient (Wildman–Crippen LogP) is 2.29. The summed E-state index contributed by atoms with van der Waals surface area (Å²) < 4.78 is 4.89. The Balaban J connectivity index is 2.11. The minimum Gasteiger partial charge on any atom is -0.461 e. The monoisotopic (exact) mass is 314 g/mol. The van der Waals surface area contributed by atoms with Gasteiger partial charge in [0.15, 0.2) is 0 Å². The number of thiazole rings is 1. The fraction of sp³-hybridized carbons (Fsp3) is 0.615. The van der Waals surface area contributed by atoms with Crippen molar-refractivity contribution in [3.05, 3.63) is 16.1 Å². The van der Waals surface area contributed by atoms with Crippen LogP contribution < -0.4 is 0 Å². The van der Waals surface area contributed by atoms with Crippen molar-refractivity contribution in [1.29, 1.82) is 0 Å². The number of hydrogen-bond acceptors (Lipinski definition) is 6. The average molecular weight is 314 g/mol. The van der Waals surface area contributed by atoms with E-state index in [1.165, 1.54) is 0 Å². The number of carbonyl (C=O) groups is 2. The highest BCUT2D eigenvalue weighted by atomic mass is 32.2. The molecule has 1 aromatic heterocycles. The van der Waals surface area contributed by atoms with Crippen LogP contribution in [0.4, 0.5) is 0 Å². The normalized spacial score (nSPS) is 22.6. The largest absolute Gasteiger partial charge is 0.461 e. The Kier molecular flexibility index (Phi) is 5.04. The zero-order valence-electron chi connectivity index (χ0n) is 11.8. The number of thioether (sulfide) groups is 1. The lowest BCUT2D eigenvalue weighted by molar-refractivity contribution is 0.0526. The fourth-order valence-corrected chi connectivity index (χ4v) is 3.81. The molecule has 5 nitrogen and oxygen atoms in total. The standard InChI is InChI=1S/C13H18N2O3S2/c1-4-18-13(17)11-14-10(7-20-11)12(16)15-5-6-19-9(3)8(15)2/h7-9H,4-6H2,1-3H3. The number of rotatable bonds is 3. The van der Waals surface area contributed by atoms with E-state index < -0.39 is 5.97 Å². The molecule has 1 aliphatic heterocycles. The molecule has 0 radical (unpaired) electrons. The van der Waals surface area contributed by atoms with Gasteiger partial charge in [0.05, 0.1) is 6.61 Å². The molecule has 1 saturated heterocycles. The third kappa shape index (κ3) is 3.15. The van der Waals surface area contributed by atoms with E-state index in [4.69, 9.17) is 4.74 Å². The molecule has 1 aliphatic rings. The Morgan fingerprint density at radius 3 is 2.95 bits per heavy atom. The summed E-state index contributed by atoms with van der Waals surface area (Å²) in [5.74, 6) is 0.371. The molecule has 0 aromatic carbocycles. The number of amides is 1. The number of carbonyl (C=O) groups excluding carboxylic acids is 2. The Hall–Kier alpha value is -1.08. The first-order valence-electron chi connectivity index (χ1n) is 6.59. The van der Waals surface area contributed by atoms with E-state index in [-0.39, 0.29) is 17.0 Å². The number of ether oxygens (including phenoxy) is 1. The molecular formula is C13H18N2O3S2. The molecule has 7 heteroatoms. The van der Waals surface area contributed by atoms with Crippen molar-refractivity contribution in [2.75, 3.05) is 18.9 Å². The van der Waals surface area contributed by atoms with Crippen LogP contribution in [0.3, 0.4) is 0 Å². The average Bonchev–Trinajstić information content (AvgIpc) is 2.91. The maximum absolute atomic E-state index is 12.5. The van der Waals surface area contributed by atoms with Crippen LogP contribution >= 0.6 is 23.1 Å². The number of esters is 1. The molecule has 1 fully saturated rings. The van der Waals surface area contributed by atoms with Crippen LogP contribution in [0.25, 0.3) is 0 Å². The molecule has 0 spiro atoms. The van der Waals surface area contributed by atoms with Crippen LogP contribution in [0.5, 0.6) is 0 Å². The number of hydrogen-bond donors (Lipinski definition) is 0. The first-order chi connectivity index (χ1) is 9.54. The van der Waals surface area contributed by atoms with Crippen LogP contribution in [0.1, 0.15) is 41.1 Å². The Morgan fingerprint density at radius 2 is 2.25 bits per heavy atom. The summed E-state index contributed by atoms with van der Waals surface area (Å²) >= 11 is 3.03. The Labute approximate surface area is 126 Å². The van der Waals surface area contributed by atoms with Gasteiger partial charge in [0.1, 0.15) is 5.69 Å². The molecule has 2 rings (SSSR count). The summed E-state index contributed by atoms with van der Waals surface area (Å²) in [6.45, 7) is 6.94. The minimum absolute atomic E-state index is 0.101. The van der Waals surface area contributed by atoms with Crippen LogP contribution in [0.2, 0.25) is 0 Å². The molecule has 2 unspecified atom stereocenters. The molecule has 0 saturated carbocycles. The molecule has 0 N–H and O–H groups in total. The smallest absolute Gasteiger partial charge is 0.367 e. The second kappa shape index (κ2) is 6.58. The molecule has 1 amide bonds.